The molecule has 0 unspecified atom stereocenters. The second-order valence-corrected chi connectivity index (χ2v) is 11.0. The highest BCUT2D eigenvalue weighted by Crippen LogP contribution is 2.32. The molecule has 0 bridgehead atoms. The Morgan fingerprint density at radius 1 is 0.870 bits per heavy atom. The molecule has 0 radical (unpaired) electrons. The van der Waals surface area contributed by atoms with Crippen LogP contribution in [0.5, 0.6) is 0 Å². The molecule has 1 aliphatic rings. The monoisotopic (exact) mass is 604 g/mol. The highest BCUT2D eigenvalue weighted by molar-refractivity contribution is 5.84. The lowest BCUT2D eigenvalue weighted by Gasteiger charge is -2.32. The topological polar surface area (TPSA) is 171 Å². The molecule has 1 aliphatic heterocycles. The van der Waals surface area contributed by atoms with Gasteiger partial charge in [0.15, 0.2) is 11.5 Å². The zero-order chi connectivity index (χ0) is 31.5. The van der Waals surface area contributed by atoms with E-state index < -0.39 is 0 Å². The molecule has 1 fully saturated rings. The average molecular weight is 605 g/mol. The van der Waals surface area contributed by atoms with E-state index in [0.29, 0.717) is 28.8 Å². The standard InChI is InChI=1S/C34H28N12/c35-18-23-3-1-4-24(17-23)28-10-11-29-33(42-28)46(32(43-29)27-5-2-14-38-31(27)37)26-8-6-22(7-9-26)20-45-15-12-25(13-16-45)41-34-40-21-39-30(19-36)44-34/h1-11,14,17,21,25H,12-13,15-16,20H2,(H2,37,38)(H,39,40,41,44). The number of aromatic nitrogens is 7. The minimum absolute atomic E-state index is 0.111. The Morgan fingerprint density at radius 2 is 1.72 bits per heavy atom. The lowest BCUT2D eigenvalue weighted by molar-refractivity contribution is 0.211. The summed E-state index contributed by atoms with van der Waals surface area (Å²) in [5.74, 6) is 1.59. The van der Waals surface area contributed by atoms with E-state index in [9.17, 15) is 5.26 Å². The van der Waals surface area contributed by atoms with Crippen LogP contribution in [0.15, 0.2) is 85.3 Å². The summed E-state index contributed by atoms with van der Waals surface area (Å²) in [7, 11) is 0. The van der Waals surface area contributed by atoms with E-state index in [1.54, 1.807) is 12.3 Å². The van der Waals surface area contributed by atoms with E-state index >= 15 is 0 Å². The molecule has 46 heavy (non-hydrogen) atoms. The number of nitrogens with one attached hydrogen (secondary N) is 1. The summed E-state index contributed by atoms with van der Waals surface area (Å²) < 4.78 is 2.01. The molecule has 0 amide bonds. The quantitative estimate of drug-likeness (QED) is 0.258. The van der Waals surface area contributed by atoms with Crippen LogP contribution in [-0.2, 0) is 6.54 Å². The van der Waals surface area contributed by atoms with Gasteiger partial charge in [0.2, 0.25) is 11.8 Å². The third-order valence-electron chi connectivity index (χ3n) is 8.06. The van der Waals surface area contributed by atoms with E-state index in [0.717, 1.165) is 60.5 Å². The van der Waals surface area contributed by atoms with Gasteiger partial charge in [-0.3, -0.25) is 9.47 Å². The minimum atomic E-state index is 0.111. The largest absolute Gasteiger partial charge is 0.383 e. The molecule has 3 N–H and O–H groups in total. The van der Waals surface area contributed by atoms with Gasteiger partial charge in [0.25, 0.3) is 0 Å². The summed E-state index contributed by atoms with van der Waals surface area (Å²) in [6.45, 7) is 2.67. The maximum absolute atomic E-state index is 9.41. The molecular formula is C34H28N12. The van der Waals surface area contributed by atoms with Crippen LogP contribution < -0.4 is 11.1 Å². The molecule has 0 spiro atoms. The van der Waals surface area contributed by atoms with Gasteiger partial charge in [0.1, 0.15) is 23.7 Å². The van der Waals surface area contributed by atoms with Gasteiger partial charge in [-0.15, -0.1) is 0 Å². The number of nitriles is 2. The summed E-state index contributed by atoms with van der Waals surface area (Å²) >= 11 is 0. The van der Waals surface area contributed by atoms with Gasteiger partial charge < -0.3 is 11.1 Å². The van der Waals surface area contributed by atoms with E-state index in [-0.39, 0.29) is 11.9 Å². The van der Waals surface area contributed by atoms with E-state index in [1.807, 2.05) is 53.1 Å². The Morgan fingerprint density at radius 3 is 2.50 bits per heavy atom. The first kappa shape index (κ1) is 28.5. The highest BCUT2D eigenvalue weighted by Gasteiger charge is 2.21. The van der Waals surface area contributed by atoms with Gasteiger partial charge in [0, 0.05) is 43.1 Å². The van der Waals surface area contributed by atoms with Gasteiger partial charge in [-0.2, -0.15) is 15.5 Å². The molecule has 1 saturated heterocycles. The molecule has 4 aromatic heterocycles. The molecule has 12 heteroatoms. The normalized spacial score (nSPS) is 13.7. The van der Waals surface area contributed by atoms with Crippen LogP contribution in [0.4, 0.5) is 11.8 Å². The Labute approximate surface area is 264 Å². The predicted molar refractivity (Wildman–Crippen MR) is 173 cm³/mol. The van der Waals surface area contributed by atoms with Crippen LogP contribution in [0, 0.1) is 22.7 Å². The number of nitrogen functional groups attached to an aromatic ring is 1. The van der Waals surface area contributed by atoms with Crippen LogP contribution in [0.2, 0.25) is 0 Å². The Bertz CT molecular complexity index is 2120. The number of likely N-dealkylation sites (tertiary alicyclic amines) is 1. The Balaban J connectivity index is 1.14. The van der Waals surface area contributed by atoms with Gasteiger partial charge in [-0.05, 0) is 66.9 Å². The van der Waals surface area contributed by atoms with Gasteiger partial charge >= 0.3 is 0 Å². The number of fused-ring (bicyclic) bond motifs is 1. The molecular weight excluding hydrogens is 576 g/mol. The van der Waals surface area contributed by atoms with Crippen molar-refractivity contribution in [3.8, 4) is 40.5 Å². The van der Waals surface area contributed by atoms with Gasteiger partial charge in [-0.1, -0.05) is 24.3 Å². The molecule has 0 saturated carbocycles. The fourth-order valence-electron chi connectivity index (χ4n) is 5.74. The number of hydrogen-bond acceptors (Lipinski definition) is 11. The number of anilines is 2. The zero-order valence-corrected chi connectivity index (χ0v) is 24.7. The molecule has 6 aromatic rings. The second kappa shape index (κ2) is 12.4. The Hall–Kier alpha value is -6.24. The lowest BCUT2D eigenvalue weighted by atomic mass is 10.0. The molecule has 12 nitrogen and oxygen atoms in total. The average Bonchev–Trinajstić information content (AvgIpc) is 3.48. The number of benzene rings is 2. The maximum atomic E-state index is 9.41. The highest BCUT2D eigenvalue weighted by atomic mass is 15.2. The summed E-state index contributed by atoms with van der Waals surface area (Å²) in [5.41, 5.74) is 12.7. The SMILES string of the molecule is N#Cc1cccc(-c2ccc3nc(-c4cccnc4N)n(-c4ccc(CN5CCC(Nc6ncnc(C#N)n6)CC5)cc4)c3n2)c1. The van der Waals surface area contributed by atoms with Crippen LogP contribution in [-0.4, -0.2) is 58.5 Å². The van der Waals surface area contributed by atoms with Crippen LogP contribution in [0.3, 0.4) is 0 Å². The first-order valence-corrected chi connectivity index (χ1v) is 14.9. The molecule has 0 aliphatic carbocycles. The van der Waals surface area contributed by atoms with Crippen molar-refractivity contribution < 1.29 is 0 Å². The zero-order valence-electron chi connectivity index (χ0n) is 24.7. The number of nitrogens with zero attached hydrogens (tertiary/aromatic N) is 10. The summed E-state index contributed by atoms with van der Waals surface area (Å²) in [5, 5.41) is 21.8. The Kier molecular flexibility index (Phi) is 7.69. The molecule has 7 rings (SSSR count). The number of piperidine rings is 1. The van der Waals surface area contributed by atoms with Crippen molar-refractivity contribution in [3.63, 3.8) is 0 Å². The number of hydrogen-bond donors (Lipinski definition) is 2. The third-order valence-corrected chi connectivity index (χ3v) is 8.06. The maximum Gasteiger partial charge on any atom is 0.236 e. The smallest absolute Gasteiger partial charge is 0.236 e. The number of pyridine rings is 2. The van der Waals surface area contributed by atoms with Crippen LogP contribution in [0.25, 0.3) is 39.5 Å². The fourth-order valence-corrected chi connectivity index (χ4v) is 5.74. The fraction of sp³-hybridized carbons (Fsp3) is 0.176. The first-order chi connectivity index (χ1) is 22.6. The summed E-state index contributed by atoms with van der Waals surface area (Å²) in [6.07, 6.45) is 4.90. The van der Waals surface area contributed by atoms with Crippen molar-refractivity contribution in [3.05, 3.63) is 102 Å². The molecule has 224 valence electrons. The summed E-state index contributed by atoms with van der Waals surface area (Å²) in [4.78, 5) is 28.8. The predicted octanol–water partition coefficient (Wildman–Crippen LogP) is 4.74. The van der Waals surface area contributed by atoms with Crippen LogP contribution >= 0.6 is 0 Å². The van der Waals surface area contributed by atoms with E-state index in [4.69, 9.17) is 21.0 Å². The second-order valence-electron chi connectivity index (χ2n) is 11.0. The van der Waals surface area contributed by atoms with Gasteiger partial charge in [0.05, 0.1) is 22.9 Å². The van der Waals surface area contributed by atoms with Crippen molar-refractivity contribution >= 4 is 22.9 Å². The molecule has 2 aromatic carbocycles. The molecule has 0 atom stereocenters. The third kappa shape index (κ3) is 5.80. The first-order valence-electron chi connectivity index (χ1n) is 14.9. The lowest BCUT2D eigenvalue weighted by Crippen LogP contribution is -2.39. The van der Waals surface area contributed by atoms with E-state index in [1.165, 1.54) is 11.9 Å². The molecule has 5 heterocycles. The number of rotatable bonds is 7. The van der Waals surface area contributed by atoms with Crippen molar-refractivity contribution in [2.75, 3.05) is 24.1 Å². The van der Waals surface area contributed by atoms with Crippen molar-refractivity contribution in [1.82, 2.24) is 39.4 Å². The number of nitrogens with two attached hydrogens (primary N) is 1. The minimum Gasteiger partial charge on any atom is -0.383 e. The summed E-state index contributed by atoms with van der Waals surface area (Å²) in [6, 6.07) is 27.9. The van der Waals surface area contributed by atoms with Crippen molar-refractivity contribution in [2.24, 2.45) is 0 Å². The van der Waals surface area contributed by atoms with Crippen molar-refractivity contribution in [2.45, 2.75) is 25.4 Å². The van der Waals surface area contributed by atoms with Crippen LogP contribution in [0.1, 0.15) is 29.8 Å². The van der Waals surface area contributed by atoms with E-state index in [2.05, 4.69) is 60.5 Å². The van der Waals surface area contributed by atoms with Crippen molar-refractivity contribution in [1.29, 1.82) is 10.5 Å². The van der Waals surface area contributed by atoms with Gasteiger partial charge in [-0.25, -0.2) is 24.9 Å². The number of imidazole rings is 1.